The number of benzene rings is 1. The molecule has 0 saturated heterocycles. The maximum absolute atomic E-state index is 12.5. The number of hydrogen-bond acceptors (Lipinski definition) is 2. The average Bonchev–Trinajstić information content (AvgIpc) is 2.08. The number of hydrogen-bond donors (Lipinski definition) is 0. The predicted octanol–water partition coefficient (Wildman–Crippen LogP) is 1.77. The molecule has 3 heteroatoms. The third-order valence-electron chi connectivity index (χ3n) is 1.62. The Morgan fingerprint density at radius 2 is 1.85 bits per heavy atom. The Bertz CT molecular complexity index is 246. The van der Waals surface area contributed by atoms with E-state index in [1.807, 2.05) is 19.0 Å². The van der Waals surface area contributed by atoms with Crippen molar-refractivity contribution in [3.8, 4) is 5.75 Å². The summed E-state index contributed by atoms with van der Waals surface area (Å²) in [6, 6.07) is 6.05. The third-order valence-corrected chi connectivity index (χ3v) is 1.62. The summed E-state index contributed by atoms with van der Waals surface area (Å²) in [6.07, 6.45) is 0. The van der Waals surface area contributed by atoms with Crippen molar-refractivity contribution in [2.24, 2.45) is 0 Å². The van der Waals surface area contributed by atoms with Crippen LogP contribution in [0.4, 0.5) is 4.39 Å². The predicted molar refractivity (Wildman–Crippen MR) is 50.4 cm³/mol. The molecule has 0 aromatic heterocycles. The molecule has 0 aliphatic carbocycles. The number of rotatable bonds is 4. The van der Waals surface area contributed by atoms with Gasteiger partial charge in [0.25, 0.3) is 0 Å². The van der Waals surface area contributed by atoms with Crippen LogP contribution in [-0.2, 0) is 0 Å². The number of ether oxygens (including phenoxy) is 1. The molecule has 1 aromatic carbocycles. The Balaban J connectivity index is 2.33. The van der Waals surface area contributed by atoms with Gasteiger partial charge in [-0.2, -0.15) is 0 Å². The van der Waals surface area contributed by atoms with Crippen LogP contribution in [0.15, 0.2) is 24.3 Å². The molecule has 13 heavy (non-hydrogen) atoms. The van der Waals surface area contributed by atoms with Gasteiger partial charge in [-0.05, 0) is 38.4 Å². The molecule has 0 aliphatic rings. The monoisotopic (exact) mass is 183 g/mol. The summed E-state index contributed by atoms with van der Waals surface area (Å²) in [7, 11) is 3.96. The average molecular weight is 183 g/mol. The normalized spacial score (nSPS) is 10.5. The molecular formula is C10H14FNO. The summed E-state index contributed by atoms with van der Waals surface area (Å²) in [4.78, 5) is 2.03. The fourth-order valence-electron chi connectivity index (χ4n) is 0.877. The van der Waals surface area contributed by atoms with Crippen molar-refractivity contribution in [2.75, 3.05) is 27.2 Å². The first-order valence-electron chi connectivity index (χ1n) is 4.21. The van der Waals surface area contributed by atoms with Gasteiger partial charge in [-0.1, -0.05) is 0 Å². The van der Waals surface area contributed by atoms with E-state index in [0.717, 1.165) is 6.54 Å². The zero-order chi connectivity index (χ0) is 9.68. The molecule has 0 unspecified atom stereocenters. The lowest BCUT2D eigenvalue weighted by Gasteiger charge is -2.10. The number of halogens is 1. The lowest BCUT2D eigenvalue weighted by molar-refractivity contribution is 0.261. The van der Waals surface area contributed by atoms with E-state index in [9.17, 15) is 4.39 Å². The maximum Gasteiger partial charge on any atom is 0.123 e. The van der Waals surface area contributed by atoms with Gasteiger partial charge in [-0.3, -0.25) is 0 Å². The van der Waals surface area contributed by atoms with Crippen LogP contribution in [0.5, 0.6) is 5.75 Å². The summed E-state index contributed by atoms with van der Waals surface area (Å²) in [5.74, 6) is 0.475. The Labute approximate surface area is 77.9 Å². The topological polar surface area (TPSA) is 12.5 Å². The molecule has 72 valence electrons. The molecule has 0 bridgehead atoms. The highest BCUT2D eigenvalue weighted by molar-refractivity contribution is 5.21. The van der Waals surface area contributed by atoms with Crippen LogP contribution >= 0.6 is 0 Å². The summed E-state index contributed by atoms with van der Waals surface area (Å²) in [6.45, 7) is 1.48. The van der Waals surface area contributed by atoms with Gasteiger partial charge >= 0.3 is 0 Å². The molecule has 0 atom stereocenters. The van der Waals surface area contributed by atoms with E-state index in [-0.39, 0.29) is 5.82 Å². The minimum Gasteiger partial charge on any atom is -0.492 e. The van der Waals surface area contributed by atoms with Gasteiger partial charge in [-0.15, -0.1) is 0 Å². The summed E-state index contributed by atoms with van der Waals surface area (Å²) < 4.78 is 17.8. The van der Waals surface area contributed by atoms with E-state index < -0.39 is 0 Å². The molecule has 1 rings (SSSR count). The third kappa shape index (κ3) is 3.90. The minimum absolute atomic E-state index is 0.236. The maximum atomic E-state index is 12.5. The first-order chi connectivity index (χ1) is 6.18. The zero-order valence-corrected chi connectivity index (χ0v) is 7.96. The molecule has 0 heterocycles. The van der Waals surface area contributed by atoms with E-state index >= 15 is 0 Å². The summed E-state index contributed by atoms with van der Waals surface area (Å²) in [5, 5.41) is 0. The summed E-state index contributed by atoms with van der Waals surface area (Å²) >= 11 is 0. The van der Waals surface area contributed by atoms with Crippen LogP contribution < -0.4 is 4.74 Å². The van der Waals surface area contributed by atoms with Gasteiger partial charge in [0.15, 0.2) is 0 Å². The van der Waals surface area contributed by atoms with Gasteiger partial charge in [0.2, 0.25) is 0 Å². The van der Waals surface area contributed by atoms with E-state index in [1.165, 1.54) is 12.1 Å². The van der Waals surface area contributed by atoms with Crippen LogP contribution in [-0.4, -0.2) is 32.1 Å². The fourth-order valence-corrected chi connectivity index (χ4v) is 0.877. The Hall–Kier alpha value is -1.09. The second-order valence-electron chi connectivity index (χ2n) is 3.11. The Kier molecular flexibility index (Phi) is 3.71. The molecule has 0 aliphatic heterocycles. The fraction of sp³-hybridized carbons (Fsp3) is 0.400. The molecule has 0 fully saturated rings. The Morgan fingerprint density at radius 1 is 1.23 bits per heavy atom. The number of nitrogens with zero attached hydrogens (tertiary/aromatic N) is 1. The van der Waals surface area contributed by atoms with Crippen LogP contribution in [0.1, 0.15) is 0 Å². The van der Waals surface area contributed by atoms with Crippen LogP contribution in [0.25, 0.3) is 0 Å². The molecular weight excluding hydrogens is 169 g/mol. The zero-order valence-electron chi connectivity index (χ0n) is 7.96. The van der Waals surface area contributed by atoms with Gasteiger partial charge in [0.05, 0.1) is 0 Å². The van der Waals surface area contributed by atoms with E-state index in [4.69, 9.17) is 4.74 Å². The molecule has 1 aromatic rings. The van der Waals surface area contributed by atoms with Gasteiger partial charge in [-0.25, -0.2) is 4.39 Å². The van der Waals surface area contributed by atoms with Gasteiger partial charge < -0.3 is 9.64 Å². The molecule has 2 nitrogen and oxygen atoms in total. The largest absolute Gasteiger partial charge is 0.492 e. The standard InChI is InChI=1S/C10H14FNO/c1-12(2)7-8-13-10-5-3-9(11)4-6-10/h3-6H,7-8H2,1-2H3. The van der Waals surface area contributed by atoms with Crippen molar-refractivity contribution in [1.82, 2.24) is 4.90 Å². The van der Waals surface area contributed by atoms with Crippen molar-refractivity contribution in [1.29, 1.82) is 0 Å². The Morgan fingerprint density at radius 3 is 2.38 bits per heavy atom. The molecule has 0 spiro atoms. The van der Waals surface area contributed by atoms with E-state index in [1.54, 1.807) is 12.1 Å². The van der Waals surface area contributed by atoms with Crippen molar-refractivity contribution < 1.29 is 9.13 Å². The summed E-state index contributed by atoms with van der Waals surface area (Å²) in [5.41, 5.74) is 0. The van der Waals surface area contributed by atoms with Gasteiger partial charge in [0, 0.05) is 6.54 Å². The van der Waals surface area contributed by atoms with E-state index in [2.05, 4.69) is 0 Å². The van der Waals surface area contributed by atoms with Crippen LogP contribution in [0.2, 0.25) is 0 Å². The van der Waals surface area contributed by atoms with Crippen molar-refractivity contribution in [3.05, 3.63) is 30.1 Å². The van der Waals surface area contributed by atoms with Crippen molar-refractivity contribution >= 4 is 0 Å². The first-order valence-corrected chi connectivity index (χ1v) is 4.21. The van der Waals surface area contributed by atoms with Crippen LogP contribution in [0, 0.1) is 5.82 Å². The smallest absolute Gasteiger partial charge is 0.123 e. The quantitative estimate of drug-likeness (QED) is 0.705. The molecule has 0 N–H and O–H groups in total. The second kappa shape index (κ2) is 4.82. The number of likely N-dealkylation sites (N-methyl/N-ethyl adjacent to an activating group) is 1. The highest BCUT2D eigenvalue weighted by atomic mass is 19.1. The lowest BCUT2D eigenvalue weighted by atomic mass is 10.3. The molecule has 0 saturated carbocycles. The highest BCUT2D eigenvalue weighted by Crippen LogP contribution is 2.10. The minimum atomic E-state index is -0.236. The van der Waals surface area contributed by atoms with E-state index in [0.29, 0.717) is 12.4 Å². The molecule has 0 amide bonds. The van der Waals surface area contributed by atoms with Crippen molar-refractivity contribution in [3.63, 3.8) is 0 Å². The first kappa shape index (κ1) is 9.99. The highest BCUT2D eigenvalue weighted by Gasteiger charge is 1.94. The SMILES string of the molecule is CN(C)CCOc1ccc(F)cc1. The lowest BCUT2D eigenvalue weighted by Crippen LogP contribution is -2.19. The molecule has 0 radical (unpaired) electrons. The second-order valence-corrected chi connectivity index (χ2v) is 3.11. The van der Waals surface area contributed by atoms with Gasteiger partial charge in [0.1, 0.15) is 18.2 Å². The van der Waals surface area contributed by atoms with Crippen LogP contribution in [0.3, 0.4) is 0 Å². The van der Waals surface area contributed by atoms with Crippen molar-refractivity contribution in [2.45, 2.75) is 0 Å².